The summed E-state index contributed by atoms with van der Waals surface area (Å²) in [4.78, 5) is 37.0. The molecule has 2 saturated heterocycles. The minimum Gasteiger partial charge on any atom is -0.504 e. The third kappa shape index (κ3) is 3.24. The van der Waals surface area contributed by atoms with E-state index in [9.17, 15) is 29.7 Å². The largest absolute Gasteiger partial charge is 0.504 e. The zero-order chi connectivity index (χ0) is 21.6. The first-order valence-electron chi connectivity index (χ1n) is 9.07. The number of carbonyl (C=O) groups excluding carboxylic acids is 2. The molecule has 1 amide bonds. The molecule has 1 aromatic carbocycles. The number of carboxylic acid groups (broad SMARTS) is 1. The first-order chi connectivity index (χ1) is 14.2. The average molecular weight is 434 g/mol. The molecule has 0 aliphatic carbocycles. The molecule has 3 N–H and O–H groups in total. The molecule has 0 bridgehead atoms. The van der Waals surface area contributed by atoms with Crippen molar-refractivity contribution in [1.82, 2.24) is 10.1 Å². The molecule has 11 heteroatoms. The predicted molar refractivity (Wildman–Crippen MR) is 102 cm³/mol. The number of amides is 1. The van der Waals surface area contributed by atoms with Gasteiger partial charge in [0.1, 0.15) is 11.5 Å². The van der Waals surface area contributed by atoms with E-state index in [4.69, 9.17) is 9.26 Å². The standard InChI is InChI=1S/C19H18N2O8S/c1-19(16(17(25)26)21-14(24)8-15(21)30-19)13-7-10(29-20-13)4-5-28-18(27)9-2-3-11(22)12(23)6-9/h2-3,6-7,15-16,22-23H,4-5,8H2,1H3,(H,25,26)/t15-,16+,19+/m1/s1. The number of fused-ring (bicyclic) bond motifs is 1. The van der Waals surface area contributed by atoms with Crippen molar-refractivity contribution in [2.45, 2.75) is 35.9 Å². The molecule has 10 nitrogen and oxygen atoms in total. The molecule has 0 unspecified atom stereocenters. The number of phenols is 2. The Kier molecular flexibility index (Phi) is 4.85. The lowest BCUT2D eigenvalue weighted by Crippen LogP contribution is -2.56. The number of aliphatic carboxylic acids is 1. The van der Waals surface area contributed by atoms with Crippen molar-refractivity contribution in [3.05, 3.63) is 41.3 Å². The summed E-state index contributed by atoms with van der Waals surface area (Å²) in [7, 11) is 0. The fraction of sp³-hybridized carbons (Fsp3) is 0.368. The number of aromatic hydroxyl groups is 2. The van der Waals surface area contributed by atoms with Crippen molar-refractivity contribution in [2.75, 3.05) is 6.61 Å². The highest BCUT2D eigenvalue weighted by molar-refractivity contribution is 8.01. The summed E-state index contributed by atoms with van der Waals surface area (Å²) in [5.41, 5.74) is 0.490. The molecule has 0 radical (unpaired) electrons. The van der Waals surface area contributed by atoms with Gasteiger partial charge in [0.05, 0.1) is 28.7 Å². The zero-order valence-electron chi connectivity index (χ0n) is 15.8. The smallest absolute Gasteiger partial charge is 0.338 e. The van der Waals surface area contributed by atoms with E-state index in [2.05, 4.69) is 5.16 Å². The molecule has 2 fully saturated rings. The minimum atomic E-state index is -1.10. The van der Waals surface area contributed by atoms with Crippen LogP contribution in [0.3, 0.4) is 0 Å². The second kappa shape index (κ2) is 7.24. The van der Waals surface area contributed by atoms with Crippen molar-refractivity contribution >= 4 is 29.6 Å². The first kappa shape index (κ1) is 20.1. The monoisotopic (exact) mass is 434 g/mol. The Balaban J connectivity index is 1.40. The van der Waals surface area contributed by atoms with Gasteiger partial charge in [0, 0.05) is 12.5 Å². The van der Waals surface area contributed by atoms with E-state index in [0.717, 1.165) is 6.07 Å². The van der Waals surface area contributed by atoms with E-state index in [1.165, 1.54) is 28.8 Å². The molecule has 3 atom stereocenters. The number of phenolic OH excluding ortho intramolecular Hbond substituents is 2. The molecular weight excluding hydrogens is 416 g/mol. The lowest BCUT2D eigenvalue weighted by molar-refractivity contribution is -0.157. The fourth-order valence-corrected chi connectivity index (χ4v) is 5.32. The number of esters is 1. The van der Waals surface area contributed by atoms with Gasteiger partial charge in [-0.1, -0.05) is 5.16 Å². The summed E-state index contributed by atoms with van der Waals surface area (Å²) in [6.07, 6.45) is 0.505. The third-order valence-electron chi connectivity index (χ3n) is 5.22. The average Bonchev–Trinajstić information content (AvgIpc) is 3.25. The molecular formula is C19H18N2O8S. The topological polar surface area (TPSA) is 150 Å². The molecule has 2 aliphatic rings. The van der Waals surface area contributed by atoms with E-state index in [0.29, 0.717) is 17.9 Å². The zero-order valence-corrected chi connectivity index (χ0v) is 16.6. The van der Waals surface area contributed by atoms with Crippen molar-refractivity contribution in [3.8, 4) is 11.5 Å². The van der Waals surface area contributed by atoms with Crippen LogP contribution in [0.2, 0.25) is 0 Å². The van der Waals surface area contributed by atoms with Crippen LogP contribution in [-0.4, -0.2) is 61.2 Å². The van der Waals surface area contributed by atoms with Gasteiger partial charge in [-0.05, 0) is 25.1 Å². The Morgan fingerprint density at radius 1 is 1.33 bits per heavy atom. The van der Waals surface area contributed by atoms with Crippen LogP contribution in [0.1, 0.15) is 35.2 Å². The second-order valence-electron chi connectivity index (χ2n) is 7.19. The number of carboxylic acids is 1. The van der Waals surface area contributed by atoms with E-state index in [1.807, 2.05) is 0 Å². The molecule has 1 aromatic heterocycles. The molecule has 2 aromatic rings. The van der Waals surface area contributed by atoms with Crippen LogP contribution in [0.4, 0.5) is 0 Å². The maximum absolute atomic E-state index is 12.0. The fourth-order valence-electron chi connectivity index (χ4n) is 3.62. The van der Waals surface area contributed by atoms with Crippen LogP contribution in [0.5, 0.6) is 11.5 Å². The quantitative estimate of drug-likeness (QED) is 0.346. The molecule has 4 rings (SSSR count). The Bertz CT molecular complexity index is 1040. The van der Waals surface area contributed by atoms with Crippen LogP contribution >= 0.6 is 11.8 Å². The number of ether oxygens (including phenoxy) is 1. The highest BCUT2D eigenvalue weighted by Crippen LogP contribution is 2.55. The summed E-state index contributed by atoms with van der Waals surface area (Å²) in [5, 5.41) is 32.2. The van der Waals surface area contributed by atoms with Gasteiger partial charge in [-0.25, -0.2) is 9.59 Å². The number of carbonyl (C=O) groups is 3. The summed E-state index contributed by atoms with van der Waals surface area (Å²) in [5.74, 6) is -2.35. The lowest BCUT2D eigenvalue weighted by Gasteiger charge is -2.36. The number of nitrogens with zero attached hydrogens (tertiary/aromatic N) is 2. The number of β-lactam (4-membered cyclic amide) rings is 1. The summed E-state index contributed by atoms with van der Waals surface area (Å²) in [6, 6.07) is 4.17. The maximum Gasteiger partial charge on any atom is 0.338 e. The van der Waals surface area contributed by atoms with Gasteiger partial charge in [-0.3, -0.25) is 4.79 Å². The van der Waals surface area contributed by atoms with E-state index >= 15 is 0 Å². The molecule has 2 aliphatic heterocycles. The number of aromatic nitrogens is 1. The normalized spacial score (nSPS) is 25.0. The lowest BCUT2D eigenvalue weighted by atomic mass is 9.93. The van der Waals surface area contributed by atoms with Crippen LogP contribution in [0.25, 0.3) is 0 Å². The Hall–Kier alpha value is -3.21. The highest BCUT2D eigenvalue weighted by Gasteiger charge is 2.62. The van der Waals surface area contributed by atoms with Crippen LogP contribution < -0.4 is 0 Å². The van der Waals surface area contributed by atoms with Gasteiger partial charge in [-0.15, -0.1) is 11.8 Å². The van der Waals surface area contributed by atoms with Gasteiger partial charge in [-0.2, -0.15) is 0 Å². The second-order valence-corrected chi connectivity index (χ2v) is 8.82. The summed E-state index contributed by atoms with van der Waals surface area (Å²) in [6.45, 7) is 1.69. The van der Waals surface area contributed by atoms with E-state index < -0.39 is 28.5 Å². The number of thioether (sulfide) groups is 1. The SMILES string of the molecule is C[C@@]1(c2cc(CCOC(=O)c3ccc(O)c(O)c3)on2)S[C@@H]2CC(=O)N2[C@H]1C(=O)O. The number of rotatable bonds is 6. The van der Waals surface area contributed by atoms with Gasteiger partial charge in [0.25, 0.3) is 0 Å². The number of hydrogen-bond donors (Lipinski definition) is 3. The maximum atomic E-state index is 12.0. The molecule has 30 heavy (non-hydrogen) atoms. The summed E-state index contributed by atoms with van der Waals surface area (Å²) >= 11 is 1.37. The molecule has 0 spiro atoms. The molecule has 158 valence electrons. The van der Waals surface area contributed by atoms with Crippen LogP contribution in [0.15, 0.2) is 28.8 Å². The highest BCUT2D eigenvalue weighted by atomic mass is 32.2. The van der Waals surface area contributed by atoms with Gasteiger partial charge in [0.15, 0.2) is 17.5 Å². The van der Waals surface area contributed by atoms with Crippen LogP contribution in [0, 0.1) is 0 Å². The molecule has 0 saturated carbocycles. The third-order valence-corrected chi connectivity index (χ3v) is 6.81. The summed E-state index contributed by atoms with van der Waals surface area (Å²) < 4.78 is 9.47. The molecule has 3 heterocycles. The number of benzene rings is 1. The Labute approximate surface area is 174 Å². The van der Waals surface area contributed by atoms with Crippen molar-refractivity contribution in [1.29, 1.82) is 0 Å². The van der Waals surface area contributed by atoms with Crippen molar-refractivity contribution in [2.24, 2.45) is 0 Å². The van der Waals surface area contributed by atoms with E-state index in [-0.39, 0.29) is 35.6 Å². The van der Waals surface area contributed by atoms with Gasteiger partial charge >= 0.3 is 11.9 Å². The minimum absolute atomic E-state index is 0.0332. The van der Waals surface area contributed by atoms with Gasteiger partial charge in [0.2, 0.25) is 5.91 Å². The van der Waals surface area contributed by atoms with Gasteiger partial charge < -0.3 is 29.5 Å². The van der Waals surface area contributed by atoms with Crippen molar-refractivity contribution < 1.29 is 39.0 Å². The Morgan fingerprint density at radius 3 is 2.77 bits per heavy atom. The predicted octanol–water partition coefficient (Wildman–Crippen LogP) is 1.46. The first-order valence-corrected chi connectivity index (χ1v) is 9.95. The Morgan fingerprint density at radius 2 is 2.10 bits per heavy atom. The van der Waals surface area contributed by atoms with Crippen molar-refractivity contribution in [3.63, 3.8) is 0 Å². The number of hydrogen-bond acceptors (Lipinski definition) is 9. The van der Waals surface area contributed by atoms with E-state index in [1.54, 1.807) is 13.0 Å². The van der Waals surface area contributed by atoms with Crippen LogP contribution in [-0.2, 0) is 25.5 Å².